The van der Waals surface area contributed by atoms with Crippen LogP contribution in [-0.2, 0) is 9.59 Å². The van der Waals surface area contributed by atoms with Crippen molar-refractivity contribution in [2.24, 2.45) is 5.92 Å². The zero-order chi connectivity index (χ0) is 18.0. The van der Waals surface area contributed by atoms with Gasteiger partial charge in [-0.15, -0.1) is 0 Å². The molecule has 0 bridgehead atoms. The van der Waals surface area contributed by atoms with Crippen molar-refractivity contribution in [1.82, 2.24) is 0 Å². The summed E-state index contributed by atoms with van der Waals surface area (Å²) in [4.78, 5) is 26.4. The molecule has 25 heavy (non-hydrogen) atoms. The highest BCUT2D eigenvalue weighted by molar-refractivity contribution is 6.44. The molecule has 7 heteroatoms. The molecule has 1 aliphatic rings. The van der Waals surface area contributed by atoms with E-state index in [1.165, 1.54) is 0 Å². The molecule has 130 valence electrons. The highest BCUT2D eigenvalue weighted by atomic mass is 35.5. The molecule has 0 aromatic heterocycles. The van der Waals surface area contributed by atoms with Crippen molar-refractivity contribution in [2.75, 3.05) is 23.9 Å². The van der Waals surface area contributed by atoms with Gasteiger partial charge in [-0.1, -0.05) is 29.3 Å². The molecule has 2 aromatic rings. The predicted octanol–water partition coefficient (Wildman–Crippen LogP) is 3.99. The summed E-state index contributed by atoms with van der Waals surface area (Å²) in [5, 5.41) is 3.40. The van der Waals surface area contributed by atoms with Crippen molar-refractivity contribution < 1.29 is 14.3 Å². The lowest BCUT2D eigenvalue weighted by Crippen LogP contribution is -2.28. The molecular weight excluding hydrogens is 363 g/mol. The number of anilines is 2. The molecule has 2 amide bonds. The predicted molar refractivity (Wildman–Crippen MR) is 98.5 cm³/mol. The number of halogens is 2. The number of hydrogen-bond donors (Lipinski definition) is 1. The maximum absolute atomic E-state index is 12.5. The Kier molecular flexibility index (Phi) is 5.16. The molecule has 0 spiro atoms. The molecule has 2 aromatic carbocycles. The minimum Gasteiger partial charge on any atom is -0.497 e. The highest BCUT2D eigenvalue weighted by Gasteiger charge is 2.35. The third kappa shape index (κ3) is 3.72. The number of ether oxygens (including phenoxy) is 1. The molecule has 3 rings (SSSR count). The fourth-order valence-corrected chi connectivity index (χ4v) is 3.08. The van der Waals surface area contributed by atoms with Gasteiger partial charge in [0.05, 0.1) is 28.8 Å². The molecule has 1 N–H and O–H groups in total. The van der Waals surface area contributed by atoms with Crippen molar-refractivity contribution in [1.29, 1.82) is 0 Å². The first-order chi connectivity index (χ1) is 12.0. The Labute approximate surface area is 155 Å². The summed E-state index contributed by atoms with van der Waals surface area (Å²) < 4.78 is 5.11. The average Bonchev–Trinajstić information content (AvgIpc) is 3.01. The number of nitrogens with zero attached hydrogens (tertiary/aromatic N) is 1. The molecule has 1 atom stereocenters. The number of carbonyl (C=O) groups excluding carboxylic acids is 2. The molecule has 1 fully saturated rings. The zero-order valence-corrected chi connectivity index (χ0v) is 15.0. The first-order valence-electron chi connectivity index (χ1n) is 7.69. The monoisotopic (exact) mass is 378 g/mol. The van der Waals surface area contributed by atoms with Gasteiger partial charge in [-0.05, 0) is 36.4 Å². The summed E-state index contributed by atoms with van der Waals surface area (Å²) in [6.45, 7) is 0.315. The number of carbonyl (C=O) groups is 2. The van der Waals surface area contributed by atoms with E-state index in [2.05, 4.69) is 5.32 Å². The summed E-state index contributed by atoms with van der Waals surface area (Å²) in [5.41, 5.74) is 1.18. The normalized spacial score (nSPS) is 16.8. The highest BCUT2D eigenvalue weighted by Crippen LogP contribution is 2.31. The van der Waals surface area contributed by atoms with Crippen molar-refractivity contribution in [2.45, 2.75) is 6.42 Å². The smallest absolute Gasteiger partial charge is 0.229 e. The number of rotatable bonds is 4. The number of amides is 2. The van der Waals surface area contributed by atoms with Crippen LogP contribution in [0.2, 0.25) is 10.0 Å². The van der Waals surface area contributed by atoms with Gasteiger partial charge in [-0.3, -0.25) is 9.59 Å². The van der Waals surface area contributed by atoms with Crippen LogP contribution in [0.1, 0.15) is 6.42 Å². The number of nitrogens with one attached hydrogen (secondary N) is 1. The van der Waals surface area contributed by atoms with Gasteiger partial charge in [0.1, 0.15) is 5.75 Å². The Bertz CT molecular complexity index is 808. The minimum atomic E-state index is -0.454. The third-order valence-corrected chi connectivity index (χ3v) is 4.91. The van der Waals surface area contributed by atoms with Crippen LogP contribution in [0.15, 0.2) is 42.5 Å². The van der Waals surface area contributed by atoms with E-state index in [9.17, 15) is 9.59 Å². The lowest BCUT2D eigenvalue weighted by atomic mass is 10.1. The molecule has 1 saturated heterocycles. The molecular formula is C18H16Cl2N2O3. The Morgan fingerprint density at radius 2 is 1.92 bits per heavy atom. The third-order valence-electron chi connectivity index (χ3n) is 4.09. The van der Waals surface area contributed by atoms with E-state index < -0.39 is 5.92 Å². The van der Waals surface area contributed by atoms with Crippen LogP contribution in [0.3, 0.4) is 0 Å². The molecule has 0 aliphatic carbocycles. The van der Waals surface area contributed by atoms with Crippen molar-refractivity contribution in [3.8, 4) is 5.75 Å². The maximum Gasteiger partial charge on any atom is 0.229 e. The van der Waals surface area contributed by atoms with Crippen LogP contribution in [0.5, 0.6) is 5.75 Å². The van der Waals surface area contributed by atoms with Gasteiger partial charge in [0.25, 0.3) is 0 Å². The molecule has 0 unspecified atom stereocenters. The molecule has 5 nitrogen and oxygen atoms in total. The Balaban J connectivity index is 1.71. The van der Waals surface area contributed by atoms with Crippen molar-refractivity contribution >= 4 is 46.4 Å². The van der Waals surface area contributed by atoms with Gasteiger partial charge < -0.3 is 15.0 Å². The van der Waals surface area contributed by atoms with E-state index in [0.717, 1.165) is 5.69 Å². The van der Waals surface area contributed by atoms with E-state index in [4.69, 9.17) is 27.9 Å². The van der Waals surface area contributed by atoms with Crippen LogP contribution in [-0.4, -0.2) is 25.5 Å². The van der Waals surface area contributed by atoms with Gasteiger partial charge in [0.15, 0.2) is 0 Å². The zero-order valence-electron chi connectivity index (χ0n) is 13.5. The Hall–Kier alpha value is -2.24. The van der Waals surface area contributed by atoms with Crippen LogP contribution in [0.25, 0.3) is 0 Å². The quantitative estimate of drug-likeness (QED) is 0.874. The molecule has 0 radical (unpaired) electrons. The number of benzene rings is 2. The lowest BCUT2D eigenvalue weighted by Gasteiger charge is -2.17. The summed E-state index contributed by atoms with van der Waals surface area (Å²) >= 11 is 12.0. The standard InChI is InChI=1S/C18H16Cl2N2O3/c1-25-13-7-5-12(6-8-13)22-10-11(9-16(22)23)18(24)21-15-4-2-3-14(19)17(15)20/h2-8,11H,9-10H2,1H3,(H,21,24)/t11-/m0/s1. The second-order valence-electron chi connectivity index (χ2n) is 5.69. The molecule has 1 heterocycles. The van der Waals surface area contributed by atoms with Crippen LogP contribution in [0, 0.1) is 5.92 Å². The largest absolute Gasteiger partial charge is 0.497 e. The van der Waals surface area contributed by atoms with E-state index in [1.807, 2.05) is 0 Å². The summed E-state index contributed by atoms with van der Waals surface area (Å²) in [7, 11) is 1.58. The van der Waals surface area contributed by atoms with E-state index in [1.54, 1.807) is 54.5 Å². The first kappa shape index (κ1) is 17.6. The van der Waals surface area contributed by atoms with Crippen LogP contribution >= 0.6 is 23.2 Å². The van der Waals surface area contributed by atoms with Crippen LogP contribution in [0.4, 0.5) is 11.4 Å². The topological polar surface area (TPSA) is 58.6 Å². The number of hydrogen-bond acceptors (Lipinski definition) is 3. The summed E-state index contributed by atoms with van der Waals surface area (Å²) in [6, 6.07) is 12.2. The Morgan fingerprint density at radius 3 is 2.60 bits per heavy atom. The van der Waals surface area contributed by atoms with Crippen molar-refractivity contribution in [3.05, 3.63) is 52.5 Å². The van der Waals surface area contributed by atoms with Gasteiger partial charge in [0.2, 0.25) is 11.8 Å². The SMILES string of the molecule is COc1ccc(N2C[C@@H](C(=O)Nc3cccc(Cl)c3Cl)CC2=O)cc1. The van der Waals surface area contributed by atoms with Crippen LogP contribution < -0.4 is 15.0 Å². The fraction of sp³-hybridized carbons (Fsp3) is 0.222. The number of methoxy groups -OCH3 is 1. The molecule has 0 saturated carbocycles. The van der Waals surface area contributed by atoms with Gasteiger partial charge in [-0.25, -0.2) is 0 Å². The van der Waals surface area contributed by atoms with E-state index in [-0.39, 0.29) is 23.3 Å². The lowest BCUT2D eigenvalue weighted by molar-refractivity contribution is -0.122. The maximum atomic E-state index is 12.5. The average molecular weight is 379 g/mol. The van der Waals surface area contributed by atoms with Gasteiger partial charge in [0, 0.05) is 18.7 Å². The van der Waals surface area contributed by atoms with E-state index in [0.29, 0.717) is 23.0 Å². The summed E-state index contributed by atoms with van der Waals surface area (Å²) in [6.07, 6.45) is 0.149. The molecule has 1 aliphatic heterocycles. The fourth-order valence-electron chi connectivity index (χ4n) is 2.73. The van der Waals surface area contributed by atoms with Gasteiger partial charge >= 0.3 is 0 Å². The van der Waals surface area contributed by atoms with Crippen molar-refractivity contribution in [3.63, 3.8) is 0 Å². The minimum absolute atomic E-state index is 0.0949. The van der Waals surface area contributed by atoms with E-state index >= 15 is 0 Å². The summed E-state index contributed by atoms with van der Waals surface area (Å²) in [5.74, 6) is -0.0963. The second-order valence-corrected chi connectivity index (χ2v) is 6.48. The van der Waals surface area contributed by atoms with Gasteiger partial charge in [-0.2, -0.15) is 0 Å². The Morgan fingerprint density at radius 1 is 1.20 bits per heavy atom. The first-order valence-corrected chi connectivity index (χ1v) is 8.44. The second kappa shape index (κ2) is 7.33.